The molecule has 0 bridgehead atoms. The number of halogens is 1. The van der Waals surface area contributed by atoms with Crippen LogP contribution in [0.5, 0.6) is 0 Å². The van der Waals surface area contributed by atoms with Crippen molar-refractivity contribution in [1.29, 1.82) is 0 Å². The number of benzene rings is 2. The summed E-state index contributed by atoms with van der Waals surface area (Å²) in [5.74, 6) is -0.965. The maximum Gasteiger partial charge on any atom is 0.416 e. The molecule has 3 aromatic rings. The molecular weight excluding hydrogens is 583 g/mol. The van der Waals surface area contributed by atoms with Crippen molar-refractivity contribution in [3.05, 3.63) is 89.4 Å². The average Bonchev–Trinajstić information content (AvgIpc) is 3.46. The molecule has 1 aliphatic rings. The van der Waals surface area contributed by atoms with Crippen LogP contribution in [0.2, 0.25) is 0 Å². The zero-order valence-corrected chi connectivity index (χ0v) is 24.9. The van der Waals surface area contributed by atoms with Gasteiger partial charge in [-0.25, -0.2) is 27.3 Å². The van der Waals surface area contributed by atoms with E-state index in [1.807, 2.05) is 24.3 Å². The number of nitrogens with one attached hydrogen (secondary N) is 1. The Morgan fingerprint density at radius 2 is 1.79 bits per heavy atom. The number of carbonyl (C=O) groups is 2. The SMILES string of the molecule is CC(C)(C)OC(=O)N(CC(=O)O)c1cccc(C(Cc2ccc(C3=NCCS3)cc2)NS(=O)(=O)c2ccc(F)cc2)n1. The molecule has 10 nitrogen and oxygen atoms in total. The fraction of sp³-hybridized carbons (Fsp3) is 0.310. The number of aromatic nitrogens is 1. The van der Waals surface area contributed by atoms with Gasteiger partial charge in [0.2, 0.25) is 10.0 Å². The van der Waals surface area contributed by atoms with Crippen molar-refractivity contribution in [2.45, 2.75) is 43.7 Å². The lowest BCUT2D eigenvalue weighted by atomic mass is 10.0. The molecule has 42 heavy (non-hydrogen) atoms. The van der Waals surface area contributed by atoms with Crippen LogP contribution in [0, 0.1) is 5.82 Å². The van der Waals surface area contributed by atoms with Crippen LogP contribution in [0.1, 0.15) is 43.6 Å². The van der Waals surface area contributed by atoms with Crippen LogP contribution >= 0.6 is 11.8 Å². The van der Waals surface area contributed by atoms with E-state index in [2.05, 4.69) is 14.7 Å². The van der Waals surface area contributed by atoms with Gasteiger partial charge in [-0.3, -0.25) is 14.7 Å². The summed E-state index contributed by atoms with van der Waals surface area (Å²) in [7, 11) is -4.14. The van der Waals surface area contributed by atoms with E-state index in [4.69, 9.17) is 4.74 Å². The van der Waals surface area contributed by atoms with Gasteiger partial charge in [0.05, 0.1) is 21.7 Å². The number of carbonyl (C=O) groups excluding carboxylic acids is 1. The molecular formula is C29H31FN4O6S2. The Bertz CT molecular complexity index is 1570. The molecule has 2 aromatic carbocycles. The number of ether oxygens (including phenoxy) is 1. The molecule has 1 atom stereocenters. The Morgan fingerprint density at radius 1 is 1.10 bits per heavy atom. The molecule has 1 amide bonds. The maximum absolute atomic E-state index is 13.5. The van der Waals surface area contributed by atoms with E-state index in [1.54, 1.807) is 44.7 Å². The van der Waals surface area contributed by atoms with Crippen LogP contribution in [0.4, 0.5) is 15.0 Å². The number of nitrogens with zero attached hydrogens (tertiary/aromatic N) is 3. The molecule has 1 aliphatic heterocycles. The van der Waals surface area contributed by atoms with Crippen LogP contribution in [0.15, 0.2) is 76.6 Å². The number of amides is 1. The second-order valence-corrected chi connectivity index (χ2v) is 13.2. The lowest BCUT2D eigenvalue weighted by molar-refractivity contribution is -0.135. The zero-order chi connectivity index (χ0) is 30.5. The number of thioether (sulfide) groups is 1. The highest BCUT2D eigenvalue weighted by Gasteiger charge is 2.28. The highest BCUT2D eigenvalue weighted by atomic mass is 32.2. The zero-order valence-electron chi connectivity index (χ0n) is 23.3. The number of sulfonamides is 1. The van der Waals surface area contributed by atoms with Gasteiger partial charge in [0, 0.05) is 17.9 Å². The minimum absolute atomic E-state index is 0.0262. The maximum atomic E-state index is 13.5. The fourth-order valence-corrected chi connectivity index (χ4v) is 6.15. The molecule has 0 saturated carbocycles. The first-order chi connectivity index (χ1) is 19.8. The molecule has 0 radical (unpaired) electrons. The largest absolute Gasteiger partial charge is 0.480 e. The second kappa shape index (κ2) is 13.0. The van der Waals surface area contributed by atoms with Gasteiger partial charge < -0.3 is 9.84 Å². The molecule has 1 unspecified atom stereocenters. The normalized spacial score (nSPS) is 14.2. The van der Waals surface area contributed by atoms with Crippen molar-refractivity contribution < 1.29 is 32.2 Å². The highest BCUT2D eigenvalue weighted by molar-refractivity contribution is 8.14. The Labute approximate surface area is 248 Å². The number of hydrogen-bond donors (Lipinski definition) is 2. The van der Waals surface area contributed by atoms with Crippen molar-refractivity contribution in [2.75, 3.05) is 23.7 Å². The minimum atomic E-state index is -4.14. The Morgan fingerprint density at radius 3 is 2.38 bits per heavy atom. The summed E-state index contributed by atoms with van der Waals surface area (Å²) in [6.07, 6.45) is -0.747. The molecule has 0 saturated heterocycles. The van der Waals surface area contributed by atoms with Gasteiger partial charge in [-0.15, -0.1) is 11.8 Å². The van der Waals surface area contributed by atoms with Crippen molar-refractivity contribution in [3.8, 4) is 0 Å². The third-order valence-electron chi connectivity index (χ3n) is 5.94. The van der Waals surface area contributed by atoms with E-state index >= 15 is 0 Å². The molecule has 2 N–H and O–H groups in total. The lowest BCUT2D eigenvalue weighted by Crippen LogP contribution is -2.40. The molecule has 0 spiro atoms. The van der Waals surface area contributed by atoms with Crippen molar-refractivity contribution in [3.63, 3.8) is 0 Å². The van der Waals surface area contributed by atoms with Gasteiger partial charge in [-0.1, -0.05) is 30.3 Å². The first-order valence-corrected chi connectivity index (χ1v) is 15.5. The monoisotopic (exact) mass is 614 g/mol. The van der Waals surface area contributed by atoms with Gasteiger partial charge in [0.25, 0.3) is 0 Å². The summed E-state index contributed by atoms with van der Waals surface area (Å²) in [4.78, 5) is 34.2. The van der Waals surface area contributed by atoms with Gasteiger partial charge in [0.15, 0.2) is 0 Å². The van der Waals surface area contributed by atoms with Gasteiger partial charge in [-0.2, -0.15) is 0 Å². The fourth-order valence-electron chi connectivity index (χ4n) is 4.08. The van der Waals surface area contributed by atoms with Crippen LogP contribution in [-0.2, 0) is 26.0 Å². The molecule has 0 fully saturated rings. The number of carboxylic acid groups (broad SMARTS) is 1. The van der Waals surface area contributed by atoms with E-state index in [-0.39, 0.29) is 22.8 Å². The quantitative estimate of drug-likeness (QED) is 0.332. The van der Waals surface area contributed by atoms with Crippen LogP contribution in [0.25, 0.3) is 0 Å². The summed E-state index contributed by atoms with van der Waals surface area (Å²) in [5, 5.41) is 10.4. The summed E-state index contributed by atoms with van der Waals surface area (Å²) in [6, 6.07) is 15.6. The van der Waals surface area contributed by atoms with Crippen molar-refractivity contribution in [2.24, 2.45) is 4.99 Å². The molecule has 2 heterocycles. The summed E-state index contributed by atoms with van der Waals surface area (Å²) < 4.78 is 48.2. The lowest BCUT2D eigenvalue weighted by Gasteiger charge is -2.26. The predicted octanol–water partition coefficient (Wildman–Crippen LogP) is 4.80. The molecule has 4 rings (SSSR count). The first-order valence-electron chi connectivity index (χ1n) is 13.0. The minimum Gasteiger partial charge on any atom is -0.480 e. The topological polar surface area (TPSA) is 138 Å². The van der Waals surface area contributed by atoms with Crippen LogP contribution < -0.4 is 9.62 Å². The molecule has 0 aliphatic carbocycles. The smallest absolute Gasteiger partial charge is 0.416 e. The average molecular weight is 615 g/mol. The van der Waals surface area contributed by atoms with E-state index in [0.29, 0.717) is 0 Å². The third kappa shape index (κ3) is 8.37. The predicted molar refractivity (Wildman–Crippen MR) is 159 cm³/mol. The number of aliphatic imine (C=N–C) groups is 1. The molecule has 1 aromatic heterocycles. The number of hydrogen-bond acceptors (Lipinski definition) is 8. The molecule has 222 valence electrons. The van der Waals surface area contributed by atoms with Crippen LogP contribution in [-0.4, -0.2) is 60.1 Å². The third-order valence-corrected chi connectivity index (χ3v) is 8.46. The van der Waals surface area contributed by atoms with Gasteiger partial charge >= 0.3 is 12.1 Å². The summed E-state index contributed by atoms with van der Waals surface area (Å²) in [6.45, 7) is 4.99. The van der Waals surface area contributed by atoms with Crippen molar-refractivity contribution in [1.82, 2.24) is 9.71 Å². The van der Waals surface area contributed by atoms with E-state index in [9.17, 15) is 27.5 Å². The Kier molecular flexibility index (Phi) is 9.64. The van der Waals surface area contributed by atoms with Gasteiger partial charge in [-0.05, 0) is 69.2 Å². The second-order valence-electron chi connectivity index (χ2n) is 10.4. The highest BCUT2D eigenvalue weighted by Crippen LogP contribution is 2.26. The first kappa shape index (κ1) is 31.1. The Balaban J connectivity index is 1.70. The van der Waals surface area contributed by atoms with E-state index in [0.717, 1.165) is 57.6 Å². The van der Waals surface area contributed by atoms with Crippen LogP contribution in [0.3, 0.4) is 0 Å². The number of rotatable bonds is 10. The van der Waals surface area contributed by atoms with E-state index < -0.39 is 46.1 Å². The summed E-state index contributed by atoms with van der Waals surface area (Å²) in [5.41, 5.74) is 1.09. The Hall–Kier alpha value is -3.81. The van der Waals surface area contributed by atoms with Gasteiger partial charge in [0.1, 0.15) is 23.8 Å². The molecule has 13 heteroatoms. The number of carboxylic acids is 1. The number of pyridine rings is 1. The van der Waals surface area contributed by atoms with E-state index in [1.165, 1.54) is 6.07 Å². The van der Waals surface area contributed by atoms with Crippen molar-refractivity contribution >= 4 is 44.7 Å². The number of aliphatic carboxylic acids is 1. The number of anilines is 1. The standard InChI is InChI=1S/C29H31FN4O6S2/c1-29(2,3)40-28(37)34(18-26(35)36)25-6-4-5-23(32-25)24(33-42(38,39)22-13-11-21(30)12-14-22)17-19-7-9-20(10-8-19)27-31-15-16-41-27/h4-14,24,33H,15-18H2,1-3H3,(H,35,36). The summed E-state index contributed by atoms with van der Waals surface area (Å²) >= 11 is 1.67.